The van der Waals surface area contributed by atoms with Crippen molar-refractivity contribution in [2.24, 2.45) is 0 Å². The first-order valence-corrected chi connectivity index (χ1v) is 15.7. The van der Waals surface area contributed by atoms with Crippen LogP contribution >= 0.6 is 0 Å². The summed E-state index contributed by atoms with van der Waals surface area (Å²) in [7, 11) is 0. The minimum absolute atomic E-state index is 0.611. The Labute approximate surface area is 268 Å². The fourth-order valence-electron chi connectivity index (χ4n) is 7.34. The Kier molecular flexibility index (Phi) is 5.32. The molecule has 218 valence electrons. The molecular weight excluding hydrogens is 576 g/mol. The quantitative estimate of drug-likeness (QED) is 0.203. The molecule has 4 heteroatoms. The van der Waals surface area contributed by atoms with Crippen molar-refractivity contribution in [3.05, 3.63) is 151 Å². The minimum atomic E-state index is 0.611. The average molecular weight is 601 g/mol. The van der Waals surface area contributed by atoms with Gasteiger partial charge in [0.25, 0.3) is 0 Å². The standard InChI is InChI=1S/C43H24N2O2/c44-25-29-11-8-14-30(42(29)45-36-15-6-4-12-31(36)32-13-5-7-16-37(32)45)28-18-21-39-35(24-28)41-40(46-39)22-19-33-34-23-27(26-9-2-1-3-10-26)17-20-38(34)47-43(33)41/h1-24H. The van der Waals surface area contributed by atoms with Crippen LogP contribution in [0.3, 0.4) is 0 Å². The van der Waals surface area contributed by atoms with Crippen LogP contribution in [0.1, 0.15) is 5.56 Å². The molecule has 0 N–H and O–H groups in total. The van der Waals surface area contributed by atoms with Gasteiger partial charge in [0.15, 0.2) is 0 Å². The van der Waals surface area contributed by atoms with Crippen LogP contribution < -0.4 is 0 Å². The summed E-state index contributed by atoms with van der Waals surface area (Å²) in [5.74, 6) is 0. The largest absolute Gasteiger partial charge is 0.456 e. The number of hydrogen-bond donors (Lipinski definition) is 0. The summed E-state index contributed by atoms with van der Waals surface area (Å²) >= 11 is 0. The summed E-state index contributed by atoms with van der Waals surface area (Å²) in [5, 5.41) is 16.8. The van der Waals surface area contributed by atoms with Crippen LogP contribution in [0.25, 0.3) is 93.6 Å². The Morgan fingerprint density at radius 3 is 1.89 bits per heavy atom. The molecule has 0 amide bonds. The maximum Gasteiger partial charge on any atom is 0.147 e. The fraction of sp³-hybridized carbons (Fsp3) is 0. The summed E-state index contributed by atoms with van der Waals surface area (Å²) in [6, 6.07) is 52.5. The molecule has 0 atom stereocenters. The molecule has 0 bridgehead atoms. The monoisotopic (exact) mass is 600 g/mol. The number of nitriles is 1. The highest BCUT2D eigenvalue weighted by molar-refractivity contribution is 6.22. The maximum absolute atomic E-state index is 10.4. The molecule has 7 aromatic carbocycles. The molecule has 0 fully saturated rings. The van der Waals surface area contributed by atoms with Crippen LogP contribution in [-0.2, 0) is 0 Å². The number of hydrogen-bond acceptors (Lipinski definition) is 3. The number of benzene rings is 7. The predicted octanol–water partition coefficient (Wildman–Crippen LogP) is 11.8. The van der Waals surface area contributed by atoms with Gasteiger partial charge in [-0.15, -0.1) is 0 Å². The molecule has 10 rings (SSSR count). The van der Waals surface area contributed by atoms with E-state index in [1.807, 2.05) is 30.3 Å². The normalized spacial score (nSPS) is 11.8. The zero-order valence-electron chi connectivity index (χ0n) is 25.1. The van der Waals surface area contributed by atoms with Gasteiger partial charge in [0.2, 0.25) is 0 Å². The second-order valence-electron chi connectivity index (χ2n) is 12.0. The first-order chi connectivity index (χ1) is 23.3. The van der Waals surface area contributed by atoms with Crippen LogP contribution in [0.15, 0.2) is 154 Å². The SMILES string of the molecule is N#Cc1cccc(-c2ccc3oc4ccc5c6cc(-c7ccccc7)ccc6oc5c4c3c2)c1-n1c2ccccc2c2ccccc21. The van der Waals surface area contributed by atoms with Gasteiger partial charge in [-0.25, -0.2) is 0 Å². The Bertz CT molecular complexity index is 2860. The van der Waals surface area contributed by atoms with E-state index in [9.17, 15) is 5.26 Å². The van der Waals surface area contributed by atoms with Crippen molar-refractivity contribution in [1.82, 2.24) is 4.57 Å². The van der Waals surface area contributed by atoms with Crippen LogP contribution in [0.5, 0.6) is 0 Å². The molecule has 0 aliphatic carbocycles. The van der Waals surface area contributed by atoms with Crippen molar-refractivity contribution in [2.45, 2.75) is 0 Å². The van der Waals surface area contributed by atoms with E-state index in [0.717, 1.165) is 88.1 Å². The molecule has 3 heterocycles. The Hall–Kier alpha value is -6.57. The lowest BCUT2D eigenvalue weighted by molar-refractivity contribution is 0.663. The fourth-order valence-corrected chi connectivity index (χ4v) is 7.34. The summed E-state index contributed by atoms with van der Waals surface area (Å²) < 4.78 is 15.2. The first kappa shape index (κ1) is 25.7. The summed E-state index contributed by atoms with van der Waals surface area (Å²) in [5.41, 5.74) is 11.1. The van der Waals surface area contributed by atoms with Gasteiger partial charge in [-0.3, -0.25) is 0 Å². The predicted molar refractivity (Wildman–Crippen MR) is 191 cm³/mol. The summed E-state index contributed by atoms with van der Waals surface area (Å²) in [6.45, 7) is 0. The van der Waals surface area contributed by atoms with Crippen molar-refractivity contribution in [2.75, 3.05) is 0 Å². The first-order valence-electron chi connectivity index (χ1n) is 15.7. The van der Waals surface area contributed by atoms with E-state index < -0.39 is 0 Å². The highest BCUT2D eigenvalue weighted by Crippen LogP contribution is 2.43. The molecule has 0 aliphatic heterocycles. The lowest BCUT2D eigenvalue weighted by Gasteiger charge is -2.16. The number of aromatic nitrogens is 1. The zero-order valence-corrected chi connectivity index (χ0v) is 25.1. The van der Waals surface area contributed by atoms with Gasteiger partial charge < -0.3 is 13.4 Å². The van der Waals surface area contributed by atoms with Crippen LogP contribution in [0, 0.1) is 11.3 Å². The lowest BCUT2D eigenvalue weighted by atomic mass is 9.97. The highest BCUT2D eigenvalue weighted by Gasteiger charge is 2.21. The van der Waals surface area contributed by atoms with Gasteiger partial charge in [0, 0.05) is 32.5 Å². The van der Waals surface area contributed by atoms with Gasteiger partial charge >= 0.3 is 0 Å². The average Bonchev–Trinajstić information content (AvgIpc) is 3.80. The molecule has 0 saturated heterocycles. The van der Waals surface area contributed by atoms with E-state index in [1.165, 1.54) is 5.56 Å². The van der Waals surface area contributed by atoms with Crippen LogP contribution in [0.4, 0.5) is 0 Å². The van der Waals surface area contributed by atoms with Gasteiger partial charge in [0.05, 0.1) is 27.7 Å². The van der Waals surface area contributed by atoms with Gasteiger partial charge in [-0.1, -0.05) is 91.0 Å². The van der Waals surface area contributed by atoms with Crippen molar-refractivity contribution in [3.8, 4) is 34.0 Å². The topological polar surface area (TPSA) is 55.0 Å². The van der Waals surface area contributed by atoms with E-state index in [1.54, 1.807) is 0 Å². The maximum atomic E-state index is 10.4. The number of nitrogens with zero attached hydrogens (tertiary/aromatic N) is 2. The molecule has 0 radical (unpaired) electrons. The zero-order chi connectivity index (χ0) is 31.1. The molecule has 4 nitrogen and oxygen atoms in total. The molecule has 0 aliphatic rings. The molecule has 0 spiro atoms. The third kappa shape index (κ3) is 3.69. The molecular formula is C43H24N2O2. The van der Waals surface area contributed by atoms with E-state index in [4.69, 9.17) is 8.83 Å². The van der Waals surface area contributed by atoms with Crippen LogP contribution in [-0.4, -0.2) is 4.57 Å². The molecule has 3 aromatic heterocycles. The number of fused-ring (bicyclic) bond motifs is 10. The summed E-state index contributed by atoms with van der Waals surface area (Å²) in [6.07, 6.45) is 0. The second-order valence-corrected chi connectivity index (χ2v) is 12.0. The van der Waals surface area contributed by atoms with Crippen molar-refractivity contribution >= 4 is 65.7 Å². The number of furan rings is 2. The Morgan fingerprint density at radius 2 is 1.13 bits per heavy atom. The Morgan fingerprint density at radius 1 is 0.468 bits per heavy atom. The number of rotatable bonds is 3. The minimum Gasteiger partial charge on any atom is -0.456 e. The van der Waals surface area contributed by atoms with Crippen molar-refractivity contribution in [1.29, 1.82) is 5.26 Å². The van der Waals surface area contributed by atoms with Crippen LogP contribution in [0.2, 0.25) is 0 Å². The lowest BCUT2D eigenvalue weighted by Crippen LogP contribution is -2.00. The second kappa shape index (κ2) is 9.71. The number of para-hydroxylation sites is 3. The van der Waals surface area contributed by atoms with Gasteiger partial charge in [-0.2, -0.15) is 5.26 Å². The van der Waals surface area contributed by atoms with E-state index in [2.05, 4.69) is 126 Å². The molecule has 0 saturated carbocycles. The highest BCUT2D eigenvalue weighted by atomic mass is 16.3. The molecule has 47 heavy (non-hydrogen) atoms. The summed E-state index contributed by atoms with van der Waals surface area (Å²) in [4.78, 5) is 0. The third-order valence-electron chi connectivity index (χ3n) is 9.45. The molecule has 10 aromatic rings. The van der Waals surface area contributed by atoms with Gasteiger partial charge in [-0.05, 0) is 71.3 Å². The van der Waals surface area contributed by atoms with Crippen molar-refractivity contribution < 1.29 is 8.83 Å². The van der Waals surface area contributed by atoms with E-state index in [0.29, 0.717) is 5.56 Å². The van der Waals surface area contributed by atoms with Crippen molar-refractivity contribution in [3.63, 3.8) is 0 Å². The van der Waals surface area contributed by atoms with E-state index in [-0.39, 0.29) is 0 Å². The Balaban J connectivity index is 1.24. The molecule has 0 unspecified atom stereocenters. The van der Waals surface area contributed by atoms with E-state index >= 15 is 0 Å². The smallest absolute Gasteiger partial charge is 0.147 e. The van der Waals surface area contributed by atoms with Gasteiger partial charge in [0.1, 0.15) is 28.4 Å². The third-order valence-corrected chi connectivity index (χ3v) is 9.45.